The maximum absolute atomic E-state index is 11.6. The zero-order valence-electron chi connectivity index (χ0n) is 11.1. The first-order valence-electron chi connectivity index (χ1n) is 6.69. The minimum atomic E-state index is -0.158. The van der Waals surface area contributed by atoms with Crippen molar-refractivity contribution in [2.24, 2.45) is 0 Å². The van der Waals surface area contributed by atoms with Crippen molar-refractivity contribution in [1.29, 1.82) is 0 Å². The van der Waals surface area contributed by atoms with Crippen LogP contribution in [-0.2, 0) is 9.59 Å². The van der Waals surface area contributed by atoms with Crippen molar-refractivity contribution < 1.29 is 9.59 Å². The van der Waals surface area contributed by atoms with E-state index in [0.29, 0.717) is 29.7 Å². The average molecular weight is 296 g/mol. The number of anilines is 1. The highest BCUT2D eigenvalue weighted by molar-refractivity contribution is 6.30. The number of hydrogen-bond donors (Lipinski definition) is 3. The third kappa shape index (κ3) is 5.59. The van der Waals surface area contributed by atoms with Gasteiger partial charge >= 0.3 is 0 Å². The number of halogens is 1. The van der Waals surface area contributed by atoms with E-state index in [9.17, 15) is 9.59 Å². The summed E-state index contributed by atoms with van der Waals surface area (Å²) in [4.78, 5) is 23.0. The molecular weight excluding hydrogens is 278 g/mol. The van der Waals surface area contributed by atoms with Gasteiger partial charge in [0, 0.05) is 29.7 Å². The molecule has 2 amide bonds. The summed E-state index contributed by atoms with van der Waals surface area (Å²) in [6.45, 7) is 0.657. The van der Waals surface area contributed by atoms with Gasteiger partial charge in [-0.25, -0.2) is 0 Å². The summed E-state index contributed by atoms with van der Waals surface area (Å²) in [7, 11) is 0. The van der Waals surface area contributed by atoms with Gasteiger partial charge in [0.1, 0.15) is 0 Å². The van der Waals surface area contributed by atoms with Crippen molar-refractivity contribution in [2.75, 3.05) is 18.4 Å². The van der Waals surface area contributed by atoms with Gasteiger partial charge in [-0.15, -0.1) is 0 Å². The van der Waals surface area contributed by atoms with Crippen LogP contribution in [0, 0.1) is 0 Å². The Morgan fingerprint density at radius 1 is 1.25 bits per heavy atom. The van der Waals surface area contributed by atoms with Crippen LogP contribution in [-0.4, -0.2) is 30.9 Å². The van der Waals surface area contributed by atoms with Gasteiger partial charge in [-0.05, 0) is 31.0 Å². The molecule has 1 aliphatic carbocycles. The van der Waals surface area contributed by atoms with E-state index in [1.165, 1.54) is 0 Å². The first-order chi connectivity index (χ1) is 9.63. The van der Waals surface area contributed by atoms with Gasteiger partial charge in [0.15, 0.2) is 0 Å². The number of rotatable bonds is 7. The fourth-order valence-corrected chi connectivity index (χ4v) is 1.89. The summed E-state index contributed by atoms with van der Waals surface area (Å²) in [5.41, 5.74) is 0.663. The van der Waals surface area contributed by atoms with Gasteiger partial charge < -0.3 is 16.0 Å². The smallest absolute Gasteiger partial charge is 0.238 e. The van der Waals surface area contributed by atoms with E-state index < -0.39 is 0 Å². The molecule has 0 heterocycles. The number of hydrogen-bond acceptors (Lipinski definition) is 3. The number of amides is 2. The quantitative estimate of drug-likeness (QED) is 0.668. The average Bonchev–Trinajstić information content (AvgIpc) is 3.18. The number of carbonyl (C=O) groups excluding carboxylic acids is 2. The highest BCUT2D eigenvalue weighted by atomic mass is 35.5. The Balaban J connectivity index is 1.58. The largest absolute Gasteiger partial charge is 0.353 e. The summed E-state index contributed by atoms with van der Waals surface area (Å²) in [5, 5.41) is 9.14. The second kappa shape index (κ2) is 7.26. The SMILES string of the molecule is O=C(CNCCC(=O)NC1CC1)Nc1cccc(Cl)c1. The molecule has 5 nitrogen and oxygen atoms in total. The second-order valence-corrected chi connectivity index (χ2v) is 5.26. The lowest BCUT2D eigenvalue weighted by atomic mass is 10.3. The van der Waals surface area contributed by atoms with Crippen molar-refractivity contribution in [3.05, 3.63) is 29.3 Å². The van der Waals surface area contributed by atoms with Crippen molar-refractivity contribution >= 4 is 29.1 Å². The zero-order valence-corrected chi connectivity index (χ0v) is 11.9. The van der Waals surface area contributed by atoms with Crippen LogP contribution in [0.3, 0.4) is 0 Å². The molecule has 0 unspecified atom stereocenters. The molecule has 1 aromatic carbocycles. The van der Waals surface area contributed by atoms with Crippen molar-refractivity contribution in [3.8, 4) is 0 Å². The molecule has 1 aromatic rings. The van der Waals surface area contributed by atoms with Crippen LogP contribution >= 0.6 is 11.6 Å². The minimum Gasteiger partial charge on any atom is -0.353 e. The summed E-state index contributed by atoms with van der Waals surface area (Å²) >= 11 is 5.83. The standard InChI is InChI=1S/C14H18ClN3O2/c15-10-2-1-3-12(8-10)18-14(20)9-16-7-6-13(19)17-11-4-5-11/h1-3,8,11,16H,4-7,9H2,(H,17,19)(H,18,20). The summed E-state index contributed by atoms with van der Waals surface area (Å²) in [5.74, 6) is -0.120. The van der Waals surface area contributed by atoms with E-state index in [1.54, 1.807) is 24.3 Å². The first-order valence-corrected chi connectivity index (χ1v) is 7.07. The highest BCUT2D eigenvalue weighted by Crippen LogP contribution is 2.18. The molecule has 2 rings (SSSR count). The van der Waals surface area contributed by atoms with Crippen LogP contribution in [0.1, 0.15) is 19.3 Å². The van der Waals surface area contributed by atoms with Crippen molar-refractivity contribution in [3.63, 3.8) is 0 Å². The molecule has 0 bridgehead atoms. The van der Waals surface area contributed by atoms with E-state index in [2.05, 4.69) is 16.0 Å². The molecule has 6 heteroatoms. The Labute approximate surface area is 123 Å². The minimum absolute atomic E-state index is 0.0373. The Hall–Kier alpha value is -1.59. The Morgan fingerprint density at radius 3 is 2.75 bits per heavy atom. The van der Waals surface area contributed by atoms with Gasteiger partial charge in [0.25, 0.3) is 0 Å². The lowest BCUT2D eigenvalue weighted by Crippen LogP contribution is -2.32. The maximum atomic E-state index is 11.6. The predicted octanol–water partition coefficient (Wildman–Crippen LogP) is 1.54. The lowest BCUT2D eigenvalue weighted by molar-refractivity contribution is -0.121. The van der Waals surface area contributed by atoms with Crippen LogP contribution in [0.5, 0.6) is 0 Å². The van der Waals surface area contributed by atoms with Crippen molar-refractivity contribution in [1.82, 2.24) is 10.6 Å². The highest BCUT2D eigenvalue weighted by Gasteiger charge is 2.22. The zero-order chi connectivity index (χ0) is 14.4. The van der Waals surface area contributed by atoms with E-state index >= 15 is 0 Å². The van der Waals surface area contributed by atoms with E-state index in [0.717, 1.165) is 12.8 Å². The molecule has 0 atom stereocenters. The molecule has 3 N–H and O–H groups in total. The predicted molar refractivity (Wildman–Crippen MR) is 78.7 cm³/mol. The maximum Gasteiger partial charge on any atom is 0.238 e. The van der Waals surface area contributed by atoms with Crippen LogP contribution in [0.15, 0.2) is 24.3 Å². The van der Waals surface area contributed by atoms with Gasteiger partial charge in [-0.2, -0.15) is 0 Å². The van der Waals surface area contributed by atoms with Gasteiger partial charge in [-0.1, -0.05) is 17.7 Å². The van der Waals surface area contributed by atoms with E-state index in [-0.39, 0.29) is 18.4 Å². The topological polar surface area (TPSA) is 70.2 Å². The fourth-order valence-electron chi connectivity index (χ4n) is 1.70. The monoisotopic (exact) mass is 295 g/mol. The first kappa shape index (κ1) is 14.8. The third-order valence-electron chi connectivity index (χ3n) is 2.87. The molecular formula is C14H18ClN3O2. The Bertz CT molecular complexity index is 489. The van der Waals surface area contributed by atoms with Gasteiger partial charge in [-0.3, -0.25) is 9.59 Å². The van der Waals surface area contributed by atoms with Crippen LogP contribution < -0.4 is 16.0 Å². The third-order valence-corrected chi connectivity index (χ3v) is 3.10. The molecule has 108 valence electrons. The number of nitrogens with one attached hydrogen (secondary N) is 3. The normalized spacial score (nSPS) is 13.8. The van der Waals surface area contributed by atoms with E-state index in [1.807, 2.05) is 0 Å². The summed E-state index contributed by atoms with van der Waals surface area (Å²) in [6.07, 6.45) is 2.56. The molecule has 1 aliphatic rings. The molecule has 0 aromatic heterocycles. The van der Waals surface area contributed by atoms with E-state index in [4.69, 9.17) is 11.6 Å². The van der Waals surface area contributed by atoms with Gasteiger partial charge in [0.05, 0.1) is 6.54 Å². The summed E-state index contributed by atoms with van der Waals surface area (Å²) in [6, 6.07) is 7.35. The van der Waals surface area contributed by atoms with Crippen LogP contribution in [0.2, 0.25) is 5.02 Å². The van der Waals surface area contributed by atoms with Crippen LogP contribution in [0.4, 0.5) is 5.69 Å². The molecule has 20 heavy (non-hydrogen) atoms. The lowest BCUT2D eigenvalue weighted by Gasteiger charge is -2.07. The van der Waals surface area contributed by atoms with Crippen molar-refractivity contribution in [2.45, 2.75) is 25.3 Å². The second-order valence-electron chi connectivity index (χ2n) is 4.83. The van der Waals surface area contributed by atoms with Crippen LogP contribution in [0.25, 0.3) is 0 Å². The molecule has 0 radical (unpaired) electrons. The fraction of sp³-hybridized carbons (Fsp3) is 0.429. The summed E-state index contributed by atoms with van der Waals surface area (Å²) < 4.78 is 0. The Morgan fingerprint density at radius 2 is 2.05 bits per heavy atom. The van der Waals surface area contributed by atoms with Gasteiger partial charge in [0.2, 0.25) is 11.8 Å². The number of carbonyl (C=O) groups is 2. The molecule has 0 aliphatic heterocycles. The molecule has 0 saturated heterocycles. The molecule has 1 fully saturated rings. The molecule has 0 spiro atoms. The Kier molecular flexibility index (Phi) is 5.38. The molecule has 1 saturated carbocycles. The number of benzene rings is 1.